The molecule has 1 atom stereocenters. The maximum Gasteiger partial charge on any atom is 0.240 e. The molecule has 0 saturated heterocycles. The van der Waals surface area contributed by atoms with Gasteiger partial charge in [0, 0.05) is 6.07 Å². The number of carbonyl (C=O) groups excluding carboxylic acids is 2. The lowest BCUT2D eigenvalue weighted by molar-refractivity contribution is -0.127. The van der Waals surface area contributed by atoms with Crippen molar-refractivity contribution >= 4 is 11.8 Å². The van der Waals surface area contributed by atoms with E-state index in [9.17, 15) is 18.4 Å². The number of carbonyl (C=O) groups is 2. The van der Waals surface area contributed by atoms with E-state index in [0.717, 1.165) is 31.0 Å². The Hall–Kier alpha value is -1.98. The minimum atomic E-state index is -0.739. The lowest BCUT2D eigenvalue weighted by atomic mass is 10.1. The Morgan fingerprint density at radius 1 is 1.25 bits per heavy atom. The third kappa shape index (κ3) is 4.29. The Morgan fingerprint density at radius 3 is 2.35 bits per heavy atom. The second-order valence-corrected chi connectivity index (χ2v) is 5.16. The van der Waals surface area contributed by atoms with Crippen molar-refractivity contribution in [3.8, 4) is 0 Å². The average Bonchev–Trinajstić information content (AvgIpc) is 3.10. The summed E-state index contributed by atoms with van der Waals surface area (Å²) >= 11 is 0. The number of nitrogens with two attached hydrogens (primary N) is 1. The molecule has 1 aromatic carbocycles. The van der Waals surface area contributed by atoms with Crippen LogP contribution in [0.3, 0.4) is 0 Å². The van der Waals surface area contributed by atoms with E-state index in [4.69, 9.17) is 5.73 Å². The maximum atomic E-state index is 13.0. The monoisotopic (exact) mass is 282 g/mol. The average molecular weight is 282 g/mol. The number of benzene rings is 1. The number of primary amides is 1. The number of hydrogen-bond acceptors (Lipinski definition) is 2. The van der Waals surface area contributed by atoms with Gasteiger partial charge in [0.2, 0.25) is 11.8 Å². The summed E-state index contributed by atoms with van der Waals surface area (Å²) in [6.07, 6.45) is 2.41. The lowest BCUT2D eigenvalue weighted by Gasteiger charge is -2.15. The van der Waals surface area contributed by atoms with Gasteiger partial charge in [-0.2, -0.15) is 0 Å². The molecule has 108 valence electrons. The van der Waals surface area contributed by atoms with Crippen LogP contribution in [0.2, 0.25) is 0 Å². The highest BCUT2D eigenvalue weighted by molar-refractivity contribution is 5.87. The largest absolute Gasteiger partial charge is 0.368 e. The van der Waals surface area contributed by atoms with Crippen molar-refractivity contribution in [1.82, 2.24) is 5.32 Å². The summed E-state index contributed by atoms with van der Waals surface area (Å²) in [6, 6.07) is 2.19. The fourth-order valence-corrected chi connectivity index (χ4v) is 2.08. The molecule has 2 amide bonds. The summed E-state index contributed by atoms with van der Waals surface area (Å²) in [7, 11) is 0. The first kappa shape index (κ1) is 14.4. The summed E-state index contributed by atoms with van der Waals surface area (Å²) in [6.45, 7) is 0. The predicted octanol–water partition coefficient (Wildman–Crippen LogP) is 1.28. The molecule has 0 unspecified atom stereocenters. The molecule has 0 aromatic heterocycles. The summed E-state index contributed by atoms with van der Waals surface area (Å²) in [5.74, 6) is -2.11. The number of hydrogen-bond donors (Lipinski definition) is 2. The van der Waals surface area contributed by atoms with Gasteiger partial charge >= 0.3 is 0 Å². The van der Waals surface area contributed by atoms with Gasteiger partial charge in [0.15, 0.2) is 0 Å². The zero-order valence-corrected chi connectivity index (χ0v) is 10.9. The Bertz CT molecular complexity index is 510. The molecule has 0 aliphatic heterocycles. The van der Waals surface area contributed by atoms with E-state index in [1.54, 1.807) is 0 Å². The van der Waals surface area contributed by atoms with Crippen molar-refractivity contribution in [2.24, 2.45) is 11.7 Å². The molecular formula is C14H16F2N2O2. The molecule has 0 heterocycles. The molecule has 0 spiro atoms. The van der Waals surface area contributed by atoms with Crippen LogP contribution >= 0.6 is 0 Å². The summed E-state index contributed by atoms with van der Waals surface area (Å²) in [5, 5.41) is 2.52. The molecule has 2 rings (SSSR count). The quantitative estimate of drug-likeness (QED) is 0.825. The van der Waals surface area contributed by atoms with E-state index >= 15 is 0 Å². The maximum absolute atomic E-state index is 13.0. The van der Waals surface area contributed by atoms with Gasteiger partial charge in [-0.05, 0) is 30.0 Å². The molecule has 1 aliphatic rings. The summed E-state index contributed by atoms with van der Waals surface area (Å²) in [4.78, 5) is 23.0. The van der Waals surface area contributed by atoms with Crippen LogP contribution in [0.4, 0.5) is 8.78 Å². The zero-order chi connectivity index (χ0) is 14.7. The van der Waals surface area contributed by atoms with Gasteiger partial charge in [0.05, 0.1) is 6.42 Å². The normalized spacial score (nSPS) is 15.7. The third-order valence-corrected chi connectivity index (χ3v) is 3.23. The predicted molar refractivity (Wildman–Crippen MR) is 68.5 cm³/mol. The minimum Gasteiger partial charge on any atom is -0.368 e. The van der Waals surface area contributed by atoms with Gasteiger partial charge in [-0.25, -0.2) is 8.78 Å². The molecule has 6 heteroatoms. The van der Waals surface area contributed by atoms with E-state index in [0.29, 0.717) is 12.3 Å². The third-order valence-electron chi connectivity index (χ3n) is 3.23. The fourth-order valence-electron chi connectivity index (χ4n) is 2.08. The van der Waals surface area contributed by atoms with Gasteiger partial charge in [-0.15, -0.1) is 0 Å². The summed E-state index contributed by atoms with van der Waals surface area (Å²) in [5.41, 5.74) is 5.45. The van der Waals surface area contributed by atoms with Gasteiger partial charge in [0.25, 0.3) is 0 Å². The van der Waals surface area contributed by atoms with Gasteiger partial charge in [0.1, 0.15) is 17.7 Å². The van der Waals surface area contributed by atoms with Crippen LogP contribution in [0.15, 0.2) is 18.2 Å². The van der Waals surface area contributed by atoms with E-state index < -0.39 is 29.5 Å². The molecular weight excluding hydrogens is 266 g/mol. The minimum absolute atomic E-state index is 0.191. The highest BCUT2D eigenvalue weighted by Crippen LogP contribution is 2.33. The first-order chi connectivity index (χ1) is 9.44. The lowest BCUT2D eigenvalue weighted by Crippen LogP contribution is -2.45. The SMILES string of the molecule is NC(=O)[C@H](CC1CC1)NC(=O)Cc1cc(F)cc(F)c1. The summed E-state index contributed by atoms with van der Waals surface area (Å²) < 4.78 is 26.0. The van der Waals surface area contributed by atoms with E-state index in [1.807, 2.05) is 0 Å². The highest BCUT2D eigenvalue weighted by Gasteiger charge is 2.29. The number of halogens is 2. The van der Waals surface area contributed by atoms with Crippen LogP contribution in [0, 0.1) is 17.6 Å². The van der Waals surface area contributed by atoms with Gasteiger partial charge < -0.3 is 11.1 Å². The van der Waals surface area contributed by atoms with Crippen molar-refractivity contribution in [3.63, 3.8) is 0 Å². The van der Waals surface area contributed by atoms with E-state index in [1.165, 1.54) is 0 Å². The van der Waals surface area contributed by atoms with Crippen LogP contribution in [0.5, 0.6) is 0 Å². The van der Waals surface area contributed by atoms with Crippen LogP contribution in [0.25, 0.3) is 0 Å². The molecule has 1 fully saturated rings. The van der Waals surface area contributed by atoms with E-state index in [-0.39, 0.29) is 12.0 Å². The van der Waals surface area contributed by atoms with Gasteiger partial charge in [-0.3, -0.25) is 9.59 Å². The van der Waals surface area contributed by atoms with E-state index in [2.05, 4.69) is 5.32 Å². The smallest absolute Gasteiger partial charge is 0.240 e. The Balaban J connectivity index is 1.94. The zero-order valence-electron chi connectivity index (χ0n) is 10.9. The van der Waals surface area contributed by atoms with Crippen molar-refractivity contribution in [1.29, 1.82) is 0 Å². The number of amides is 2. The van der Waals surface area contributed by atoms with Crippen LogP contribution in [-0.2, 0) is 16.0 Å². The Labute approximate surface area is 115 Å². The van der Waals surface area contributed by atoms with Gasteiger partial charge in [-0.1, -0.05) is 12.8 Å². The van der Waals surface area contributed by atoms with Crippen molar-refractivity contribution in [2.75, 3.05) is 0 Å². The first-order valence-electron chi connectivity index (χ1n) is 6.47. The number of rotatable bonds is 6. The molecule has 0 bridgehead atoms. The van der Waals surface area contributed by atoms with Crippen molar-refractivity contribution < 1.29 is 18.4 Å². The molecule has 20 heavy (non-hydrogen) atoms. The van der Waals surface area contributed by atoms with Crippen molar-refractivity contribution in [3.05, 3.63) is 35.4 Å². The van der Waals surface area contributed by atoms with Crippen molar-refractivity contribution in [2.45, 2.75) is 31.7 Å². The molecule has 3 N–H and O–H groups in total. The standard InChI is InChI=1S/C14H16F2N2O2/c15-10-3-9(4-11(16)7-10)6-13(19)18-12(14(17)20)5-8-1-2-8/h3-4,7-8,12H,1-2,5-6H2,(H2,17,20)(H,18,19)/t12-/m0/s1. The molecule has 1 aliphatic carbocycles. The Kier molecular flexibility index (Phi) is 4.32. The second kappa shape index (κ2) is 5.98. The number of nitrogens with one attached hydrogen (secondary N) is 1. The molecule has 1 saturated carbocycles. The molecule has 0 radical (unpaired) electrons. The van der Waals surface area contributed by atoms with Crippen LogP contribution < -0.4 is 11.1 Å². The molecule has 1 aromatic rings. The first-order valence-corrected chi connectivity index (χ1v) is 6.47. The fraction of sp³-hybridized carbons (Fsp3) is 0.429. The highest BCUT2D eigenvalue weighted by atomic mass is 19.1. The Morgan fingerprint density at radius 2 is 1.85 bits per heavy atom. The topological polar surface area (TPSA) is 72.2 Å². The second-order valence-electron chi connectivity index (χ2n) is 5.16. The van der Waals surface area contributed by atoms with Crippen LogP contribution in [0.1, 0.15) is 24.8 Å². The van der Waals surface area contributed by atoms with Crippen LogP contribution in [-0.4, -0.2) is 17.9 Å². The molecule has 4 nitrogen and oxygen atoms in total.